The first-order chi connectivity index (χ1) is 7.15. The summed E-state index contributed by atoms with van der Waals surface area (Å²) in [5.41, 5.74) is 1.09. The number of aromatic nitrogens is 2. The molecule has 0 aliphatic rings. The fraction of sp³-hybridized carbons (Fsp3) is 0.636. The molecule has 4 nitrogen and oxygen atoms in total. The van der Waals surface area contributed by atoms with Gasteiger partial charge in [-0.2, -0.15) is 0 Å². The van der Waals surface area contributed by atoms with Gasteiger partial charge in [-0.25, -0.2) is 9.97 Å². The largest absolute Gasteiger partial charge is 0.368 e. The van der Waals surface area contributed by atoms with E-state index in [1.54, 1.807) is 0 Å². The van der Waals surface area contributed by atoms with Gasteiger partial charge in [0.15, 0.2) is 0 Å². The third kappa shape index (κ3) is 3.83. The third-order valence-electron chi connectivity index (χ3n) is 2.34. The Bertz CT molecular complexity index is 311. The summed E-state index contributed by atoms with van der Waals surface area (Å²) in [7, 11) is 1.95. The highest BCUT2D eigenvalue weighted by atomic mass is 15.0. The molecule has 1 atom stereocenters. The van der Waals surface area contributed by atoms with Crippen molar-refractivity contribution >= 4 is 5.82 Å². The molecule has 1 unspecified atom stereocenters. The average molecular weight is 208 g/mol. The summed E-state index contributed by atoms with van der Waals surface area (Å²) in [5, 5.41) is 6.47. The van der Waals surface area contributed by atoms with Crippen LogP contribution >= 0.6 is 0 Å². The SMILES string of the molecule is CCc1cc(NCC(C)NC)nc(C)n1. The van der Waals surface area contributed by atoms with Gasteiger partial charge in [0.25, 0.3) is 0 Å². The molecule has 0 radical (unpaired) electrons. The van der Waals surface area contributed by atoms with Crippen LogP contribution in [-0.4, -0.2) is 29.6 Å². The number of aryl methyl sites for hydroxylation is 2. The van der Waals surface area contributed by atoms with Crippen molar-refractivity contribution in [2.24, 2.45) is 0 Å². The van der Waals surface area contributed by atoms with E-state index in [1.165, 1.54) is 0 Å². The van der Waals surface area contributed by atoms with Crippen LogP contribution in [0.15, 0.2) is 6.07 Å². The van der Waals surface area contributed by atoms with Gasteiger partial charge in [0.05, 0.1) is 0 Å². The van der Waals surface area contributed by atoms with Crippen molar-refractivity contribution in [3.05, 3.63) is 17.6 Å². The van der Waals surface area contributed by atoms with Crippen molar-refractivity contribution in [2.45, 2.75) is 33.2 Å². The van der Waals surface area contributed by atoms with Crippen molar-refractivity contribution in [3.8, 4) is 0 Å². The minimum atomic E-state index is 0.436. The van der Waals surface area contributed by atoms with Crippen LogP contribution < -0.4 is 10.6 Å². The lowest BCUT2D eigenvalue weighted by Crippen LogP contribution is -2.29. The summed E-state index contributed by atoms with van der Waals surface area (Å²) in [6.07, 6.45) is 0.944. The Morgan fingerprint density at radius 1 is 1.40 bits per heavy atom. The summed E-state index contributed by atoms with van der Waals surface area (Å²) in [6.45, 7) is 7.02. The first-order valence-electron chi connectivity index (χ1n) is 5.41. The smallest absolute Gasteiger partial charge is 0.129 e. The lowest BCUT2D eigenvalue weighted by Gasteiger charge is -2.12. The molecular weight excluding hydrogens is 188 g/mol. The van der Waals surface area contributed by atoms with Crippen molar-refractivity contribution < 1.29 is 0 Å². The zero-order valence-electron chi connectivity index (χ0n) is 9.96. The Morgan fingerprint density at radius 3 is 2.73 bits per heavy atom. The fourth-order valence-corrected chi connectivity index (χ4v) is 1.26. The Hall–Kier alpha value is -1.16. The van der Waals surface area contributed by atoms with E-state index in [0.29, 0.717) is 6.04 Å². The second kappa shape index (κ2) is 5.66. The Kier molecular flexibility index (Phi) is 4.49. The van der Waals surface area contributed by atoms with Crippen molar-refractivity contribution in [1.82, 2.24) is 15.3 Å². The normalized spacial score (nSPS) is 12.5. The van der Waals surface area contributed by atoms with Gasteiger partial charge < -0.3 is 10.6 Å². The Balaban J connectivity index is 2.64. The van der Waals surface area contributed by atoms with Crippen LogP contribution in [0.25, 0.3) is 0 Å². The summed E-state index contributed by atoms with van der Waals surface area (Å²) < 4.78 is 0. The number of nitrogens with zero attached hydrogens (tertiary/aromatic N) is 2. The van der Waals surface area contributed by atoms with E-state index in [0.717, 1.165) is 30.3 Å². The van der Waals surface area contributed by atoms with Crippen molar-refractivity contribution in [3.63, 3.8) is 0 Å². The molecule has 2 N–H and O–H groups in total. The molecule has 0 aliphatic carbocycles. The van der Waals surface area contributed by atoms with Gasteiger partial charge >= 0.3 is 0 Å². The van der Waals surface area contributed by atoms with Crippen molar-refractivity contribution in [1.29, 1.82) is 0 Å². The van der Waals surface area contributed by atoms with Gasteiger partial charge in [0.1, 0.15) is 11.6 Å². The van der Waals surface area contributed by atoms with Gasteiger partial charge in [0, 0.05) is 24.3 Å². The maximum atomic E-state index is 4.34. The minimum absolute atomic E-state index is 0.436. The molecule has 0 aliphatic heterocycles. The van der Waals surface area contributed by atoms with Gasteiger partial charge in [0.2, 0.25) is 0 Å². The Morgan fingerprint density at radius 2 is 2.13 bits per heavy atom. The van der Waals surface area contributed by atoms with E-state index in [-0.39, 0.29) is 0 Å². The lowest BCUT2D eigenvalue weighted by molar-refractivity contribution is 0.637. The standard InChI is InChI=1S/C11H20N4/c1-5-10-6-11(15-9(3)14-10)13-7-8(2)12-4/h6,8,12H,5,7H2,1-4H3,(H,13,14,15). The predicted molar refractivity (Wildman–Crippen MR) is 63.2 cm³/mol. The molecule has 0 saturated carbocycles. The second-order valence-electron chi connectivity index (χ2n) is 3.72. The molecule has 4 heteroatoms. The van der Waals surface area contributed by atoms with Gasteiger partial charge in [-0.15, -0.1) is 0 Å². The summed E-state index contributed by atoms with van der Waals surface area (Å²) in [5.74, 6) is 1.75. The highest BCUT2D eigenvalue weighted by Crippen LogP contribution is 2.06. The molecule has 1 aromatic rings. The van der Waals surface area contributed by atoms with Gasteiger partial charge in [-0.05, 0) is 27.3 Å². The zero-order valence-corrected chi connectivity index (χ0v) is 9.96. The maximum Gasteiger partial charge on any atom is 0.129 e. The van der Waals surface area contributed by atoms with Crippen LogP contribution in [0.1, 0.15) is 25.4 Å². The van der Waals surface area contributed by atoms with E-state index >= 15 is 0 Å². The molecule has 0 saturated heterocycles. The predicted octanol–water partition coefficient (Wildman–Crippen LogP) is 1.37. The van der Waals surface area contributed by atoms with Crippen LogP contribution in [0.2, 0.25) is 0 Å². The molecule has 1 rings (SSSR count). The number of likely N-dealkylation sites (N-methyl/N-ethyl adjacent to an activating group) is 1. The second-order valence-corrected chi connectivity index (χ2v) is 3.72. The van der Waals surface area contributed by atoms with Gasteiger partial charge in [-0.1, -0.05) is 6.92 Å². The molecule has 1 aromatic heterocycles. The van der Waals surface area contributed by atoms with E-state index in [4.69, 9.17) is 0 Å². The number of hydrogen-bond acceptors (Lipinski definition) is 4. The molecular formula is C11H20N4. The molecule has 0 amide bonds. The molecule has 15 heavy (non-hydrogen) atoms. The molecule has 84 valence electrons. The Labute approximate surface area is 91.5 Å². The van der Waals surface area contributed by atoms with E-state index in [9.17, 15) is 0 Å². The third-order valence-corrected chi connectivity index (χ3v) is 2.34. The van der Waals surface area contributed by atoms with Crippen molar-refractivity contribution in [2.75, 3.05) is 18.9 Å². The minimum Gasteiger partial charge on any atom is -0.368 e. The van der Waals surface area contributed by atoms with E-state index < -0.39 is 0 Å². The van der Waals surface area contributed by atoms with Crippen LogP contribution in [0.4, 0.5) is 5.82 Å². The molecule has 0 fully saturated rings. The highest BCUT2D eigenvalue weighted by Gasteiger charge is 2.02. The highest BCUT2D eigenvalue weighted by molar-refractivity contribution is 5.36. The van der Waals surface area contributed by atoms with Gasteiger partial charge in [-0.3, -0.25) is 0 Å². The average Bonchev–Trinajstić information content (AvgIpc) is 2.25. The molecule has 0 bridgehead atoms. The fourth-order valence-electron chi connectivity index (χ4n) is 1.26. The summed E-state index contributed by atoms with van der Waals surface area (Å²) in [4.78, 5) is 8.67. The lowest BCUT2D eigenvalue weighted by atomic mass is 10.3. The van der Waals surface area contributed by atoms with Crippen LogP contribution in [0.3, 0.4) is 0 Å². The van der Waals surface area contributed by atoms with Crippen LogP contribution in [0.5, 0.6) is 0 Å². The van der Waals surface area contributed by atoms with E-state index in [2.05, 4.69) is 34.4 Å². The summed E-state index contributed by atoms with van der Waals surface area (Å²) >= 11 is 0. The van der Waals surface area contributed by atoms with E-state index in [1.807, 2.05) is 20.0 Å². The maximum absolute atomic E-state index is 4.34. The first kappa shape index (κ1) is 11.9. The molecule has 0 spiro atoms. The first-order valence-corrected chi connectivity index (χ1v) is 5.41. The zero-order chi connectivity index (χ0) is 11.3. The topological polar surface area (TPSA) is 49.8 Å². The molecule has 1 heterocycles. The summed E-state index contributed by atoms with van der Waals surface area (Å²) in [6, 6.07) is 2.44. The monoisotopic (exact) mass is 208 g/mol. The number of nitrogens with one attached hydrogen (secondary N) is 2. The number of rotatable bonds is 5. The number of hydrogen-bond donors (Lipinski definition) is 2. The van der Waals surface area contributed by atoms with Crippen LogP contribution in [-0.2, 0) is 6.42 Å². The molecule has 0 aromatic carbocycles. The van der Waals surface area contributed by atoms with Crippen LogP contribution in [0, 0.1) is 6.92 Å². The quantitative estimate of drug-likeness (QED) is 0.767. The number of anilines is 1.